The van der Waals surface area contributed by atoms with Gasteiger partial charge in [0.25, 0.3) is 10.0 Å². The number of aryl methyl sites for hydroxylation is 1. The lowest BCUT2D eigenvalue weighted by atomic mass is 10.1. The largest absolute Gasteiger partial charge is 0.545 e. The second-order valence-electron chi connectivity index (χ2n) is 4.80. The minimum atomic E-state index is -3.96. The number of aromatic carboxylic acids is 1. The molecule has 1 N–H and O–H groups in total. The number of carbonyl (C=O) groups is 1. The van der Waals surface area contributed by atoms with Crippen LogP contribution in [0.4, 0.5) is 5.69 Å². The number of ether oxygens (including phenoxy) is 1. The van der Waals surface area contributed by atoms with E-state index >= 15 is 0 Å². The van der Waals surface area contributed by atoms with E-state index in [4.69, 9.17) is 4.74 Å². The molecule has 0 atom stereocenters. The van der Waals surface area contributed by atoms with Crippen molar-refractivity contribution in [3.05, 3.63) is 53.6 Å². The summed E-state index contributed by atoms with van der Waals surface area (Å²) in [4.78, 5) is 10.8. The van der Waals surface area contributed by atoms with Crippen LogP contribution in [-0.2, 0) is 10.0 Å². The monoisotopic (exact) mass is 334 g/mol. The van der Waals surface area contributed by atoms with Crippen molar-refractivity contribution >= 4 is 21.7 Å². The summed E-state index contributed by atoms with van der Waals surface area (Å²) in [5.41, 5.74) is 0.512. The van der Waals surface area contributed by atoms with E-state index in [9.17, 15) is 18.3 Å². The normalized spacial score (nSPS) is 11.0. The van der Waals surface area contributed by atoms with Crippen LogP contribution < -0.4 is 14.6 Å². The minimum absolute atomic E-state index is 0.120. The number of sulfonamides is 1. The molecule has 0 spiro atoms. The highest BCUT2D eigenvalue weighted by Crippen LogP contribution is 2.27. The molecule has 0 aliphatic rings. The van der Waals surface area contributed by atoms with Crippen molar-refractivity contribution in [1.29, 1.82) is 0 Å². The van der Waals surface area contributed by atoms with Crippen LogP contribution in [0.15, 0.2) is 47.4 Å². The van der Waals surface area contributed by atoms with Crippen LogP contribution in [0.3, 0.4) is 0 Å². The molecule has 0 aliphatic heterocycles. The predicted molar refractivity (Wildman–Crippen MR) is 83.9 cm³/mol. The van der Waals surface area contributed by atoms with Gasteiger partial charge in [0.2, 0.25) is 0 Å². The Labute approximate surface area is 134 Å². The maximum Gasteiger partial charge on any atom is 0.262 e. The zero-order valence-electron chi connectivity index (χ0n) is 12.7. The molecule has 0 radical (unpaired) electrons. The molecule has 0 unspecified atom stereocenters. The third kappa shape index (κ3) is 3.81. The number of hydrogen-bond donors (Lipinski definition) is 1. The van der Waals surface area contributed by atoms with Gasteiger partial charge in [-0.3, -0.25) is 4.72 Å². The van der Waals surface area contributed by atoms with Crippen LogP contribution in [0.5, 0.6) is 5.75 Å². The van der Waals surface area contributed by atoms with Crippen LogP contribution in [0.1, 0.15) is 22.8 Å². The Hall–Kier alpha value is -2.54. The lowest BCUT2D eigenvalue weighted by Crippen LogP contribution is -2.23. The highest BCUT2D eigenvalue weighted by molar-refractivity contribution is 7.92. The van der Waals surface area contributed by atoms with Crippen LogP contribution in [0.25, 0.3) is 0 Å². The number of carbonyl (C=O) groups excluding carboxylic acids is 1. The lowest BCUT2D eigenvalue weighted by Gasteiger charge is -2.15. The molecule has 2 aromatic rings. The van der Waals surface area contributed by atoms with Gasteiger partial charge in [0.05, 0.1) is 23.2 Å². The van der Waals surface area contributed by atoms with Crippen molar-refractivity contribution in [2.45, 2.75) is 18.7 Å². The van der Waals surface area contributed by atoms with E-state index in [1.807, 2.05) is 0 Å². The first-order valence-corrected chi connectivity index (χ1v) is 8.40. The van der Waals surface area contributed by atoms with Gasteiger partial charge in [-0.2, -0.15) is 0 Å². The van der Waals surface area contributed by atoms with Crippen molar-refractivity contribution in [1.82, 2.24) is 0 Å². The quantitative estimate of drug-likeness (QED) is 0.865. The highest BCUT2D eigenvalue weighted by atomic mass is 32.2. The average Bonchev–Trinajstić information content (AvgIpc) is 2.49. The number of carboxylic acid groups (broad SMARTS) is 1. The standard InChI is InChI=1S/C16H17NO5S/c1-3-22-14-7-5-4-6-13(14)17-23(20,21)15-10-12(16(18)19)9-8-11(15)2/h4-10,17H,3H2,1-2H3,(H,18,19)/p-1. The molecule has 0 amide bonds. The first-order valence-electron chi connectivity index (χ1n) is 6.92. The molecule has 0 saturated carbocycles. The molecule has 0 fully saturated rings. The van der Waals surface area contributed by atoms with Crippen molar-refractivity contribution < 1.29 is 23.1 Å². The molecule has 0 heterocycles. The molecule has 0 aromatic heterocycles. The second kappa shape index (κ2) is 6.70. The van der Waals surface area contributed by atoms with E-state index in [0.29, 0.717) is 17.9 Å². The number of hydrogen-bond acceptors (Lipinski definition) is 5. The summed E-state index contributed by atoms with van der Waals surface area (Å²) in [6, 6.07) is 10.4. The van der Waals surface area contributed by atoms with Gasteiger partial charge in [-0.1, -0.05) is 24.3 Å². The third-order valence-electron chi connectivity index (χ3n) is 3.14. The van der Waals surface area contributed by atoms with Gasteiger partial charge in [-0.15, -0.1) is 0 Å². The zero-order valence-corrected chi connectivity index (χ0v) is 13.5. The Morgan fingerprint density at radius 2 is 1.91 bits per heavy atom. The summed E-state index contributed by atoms with van der Waals surface area (Å²) >= 11 is 0. The van der Waals surface area contributed by atoms with E-state index in [1.54, 1.807) is 38.1 Å². The fraction of sp³-hybridized carbons (Fsp3) is 0.188. The Bertz CT molecular complexity index is 830. The number of benzene rings is 2. The molecule has 0 saturated heterocycles. The first kappa shape index (κ1) is 16.8. The Morgan fingerprint density at radius 1 is 1.22 bits per heavy atom. The zero-order chi connectivity index (χ0) is 17.0. The Morgan fingerprint density at radius 3 is 2.57 bits per heavy atom. The third-order valence-corrected chi connectivity index (χ3v) is 4.65. The molecule has 23 heavy (non-hydrogen) atoms. The Balaban J connectivity index is 2.44. The number of rotatable bonds is 6. The summed E-state index contributed by atoms with van der Waals surface area (Å²) in [5, 5.41) is 10.9. The first-order chi connectivity index (χ1) is 10.8. The number of nitrogens with one attached hydrogen (secondary N) is 1. The van der Waals surface area contributed by atoms with Gasteiger partial charge >= 0.3 is 0 Å². The van der Waals surface area contributed by atoms with Crippen molar-refractivity contribution in [2.24, 2.45) is 0 Å². The second-order valence-corrected chi connectivity index (χ2v) is 6.45. The van der Waals surface area contributed by atoms with Gasteiger partial charge < -0.3 is 14.6 Å². The van der Waals surface area contributed by atoms with Crippen LogP contribution in [0, 0.1) is 6.92 Å². The fourth-order valence-electron chi connectivity index (χ4n) is 2.05. The van der Waals surface area contributed by atoms with Gasteiger partial charge in [0, 0.05) is 0 Å². The fourth-order valence-corrected chi connectivity index (χ4v) is 3.39. The number of carboxylic acids is 1. The summed E-state index contributed by atoms with van der Waals surface area (Å²) in [6.45, 7) is 3.76. The number of anilines is 1. The van der Waals surface area contributed by atoms with Gasteiger partial charge in [-0.05, 0) is 43.2 Å². The molecular weight excluding hydrogens is 318 g/mol. The van der Waals surface area contributed by atoms with Crippen molar-refractivity contribution in [2.75, 3.05) is 11.3 Å². The Kier molecular flexibility index (Phi) is 4.90. The van der Waals surface area contributed by atoms with Gasteiger partial charge in [0.1, 0.15) is 5.75 Å². The SMILES string of the molecule is CCOc1ccccc1NS(=O)(=O)c1cc(C(=O)[O-])ccc1C. The maximum absolute atomic E-state index is 12.6. The van der Waals surface area contributed by atoms with Crippen molar-refractivity contribution in [3.8, 4) is 5.75 Å². The van der Waals surface area contributed by atoms with E-state index in [1.165, 1.54) is 12.1 Å². The molecule has 122 valence electrons. The van der Waals surface area contributed by atoms with E-state index in [0.717, 1.165) is 6.07 Å². The predicted octanol–water partition coefficient (Wildman–Crippen LogP) is 1.56. The lowest BCUT2D eigenvalue weighted by molar-refractivity contribution is -0.255. The number of para-hydroxylation sites is 2. The topological polar surface area (TPSA) is 95.5 Å². The maximum atomic E-state index is 12.6. The minimum Gasteiger partial charge on any atom is -0.545 e. The van der Waals surface area contributed by atoms with Gasteiger partial charge in [-0.25, -0.2) is 8.42 Å². The van der Waals surface area contributed by atoms with E-state index < -0.39 is 16.0 Å². The van der Waals surface area contributed by atoms with Crippen molar-refractivity contribution in [3.63, 3.8) is 0 Å². The molecular formula is C16H16NO5S-. The van der Waals surface area contributed by atoms with E-state index in [-0.39, 0.29) is 16.1 Å². The van der Waals surface area contributed by atoms with Crippen LogP contribution in [0.2, 0.25) is 0 Å². The molecule has 6 nitrogen and oxygen atoms in total. The summed E-state index contributed by atoms with van der Waals surface area (Å²) in [7, 11) is -3.96. The summed E-state index contributed by atoms with van der Waals surface area (Å²) < 4.78 is 33.0. The van der Waals surface area contributed by atoms with Crippen LogP contribution >= 0.6 is 0 Å². The van der Waals surface area contributed by atoms with E-state index in [2.05, 4.69) is 4.72 Å². The molecule has 0 bridgehead atoms. The summed E-state index contributed by atoms with van der Waals surface area (Å²) in [5.74, 6) is -1.04. The molecule has 2 aromatic carbocycles. The van der Waals surface area contributed by atoms with Gasteiger partial charge in [0.15, 0.2) is 0 Å². The summed E-state index contributed by atoms with van der Waals surface area (Å²) in [6.07, 6.45) is 0. The molecule has 0 aliphatic carbocycles. The highest BCUT2D eigenvalue weighted by Gasteiger charge is 2.19. The smallest absolute Gasteiger partial charge is 0.262 e. The average molecular weight is 334 g/mol. The molecule has 7 heteroatoms. The van der Waals surface area contributed by atoms with Crippen LogP contribution in [-0.4, -0.2) is 21.0 Å². The molecule has 2 rings (SSSR count).